The van der Waals surface area contributed by atoms with Crippen LogP contribution in [0, 0.1) is 11.3 Å². The highest BCUT2D eigenvalue weighted by atomic mass is 16.2. The van der Waals surface area contributed by atoms with E-state index in [1.807, 2.05) is 0 Å². The highest BCUT2D eigenvalue weighted by Gasteiger charge is 2.26. The van der Waals surface area contributed by atoms with Crippen LogP contribution < -0.4 is 11.1 Å². The fourth-order valence-corrected chi connectivity index (χ4v) is 2.96. The van der Waals surface area contributed by atoms with Gasteiger partial charge in [-0.25, -0.2) is 0 Å². The van der Waals surface area contributed by atoms with E-state index < -0.39 is 0 Å². The van der Waals surface area contributed by atoms with Crippen molar-refractivity contribution in [2.75, 3.05) is 26.2 Å². The largest absolute Gasteiger partial charge is 0.353 e. The third kappa shape index (κ3) is 6.23. The van der Waals surface area contributed by atoms with Gasteiger partial charge in [0.1, 0.15) is 0 Å². The normalized spacial score (nSPS) is 19.9. The second-order valence-electron chi connectivity index (χ2n) is 7.32. The number of nitrogens with two attached hydrogens (primary N) is 1. The van der Waals surface area contributed by atoms with Crippen molar-refractivity contribution in [1.29, 1.82) is 0 Å². The molecule has 0 radical (unpaired) electrons. The van der Waals surface area contributed by atoms with Crippen LogP contribution in [-0.4, -0.2) is 43.0 Å². The molecule has 1 aliphatic heterocycles. The Morgan fingerprint density at radius 3 is 2.40 bits per heavy atom. The third-order valence-corrected chi connectivity index (χ3v) is 3.99. The van der Waals surface area contributed by atoms with E-state index in [9.17, 15) is 4.79 Å². The molecule has 0 spiro atoms. The fourth-order valence-electron chi connectivity index (χ4n) is 2.96. The lowest BCUT2D eigenvalue weighted by Gasteiger charge is -2.33. The molecule has 3 N–H and O–H groups in total. The lowest BCUT2D eigenvalue weighted by Crippen LogP contribution is -2.47. The molecule has 118 valence electrons. The van der Waals surface area contributed by atoms with Crippen LogP contribution in [0.3, 0.4) is 0 Å². The predicted octanol–water partition coefficient (Wildman–Crippen LogP) is 1.99. The number of likely N-dealkylation sites (tertiary alicyclic amines) is 1. The van der Waals surface area contributed by atoms with E-state index >= 15 is 0 Å². The third-order valence-electron chi connectivity index (χ3n) is 3.99. The van der Waals surface area contributed by atoms with Gasteiger partial charge in [0.05, 0.1) is 5.92 Å². The molecule has 4 nitrogen and oxygen atoms in total. The molecule has 0 aliphatic carbocycles. The van der Waals surface area contributed by atoms with E-state index in [-0.39, 0.29) is 17.2 Å². The van der Waals surface area contributed by atoms with Gasteiger partial charge < -0.3 is 16.0 Å². The first-order valence-corrected chi connectivity index (χ1v) is 8.08. The van der Waals surface area contributed by atoms with E-state index in [0.717, 1.165) is 32.4 Å². The minimum Gasteiger partial charge on any atom is -0.353 e. The Kier molecular flexibility index (Phi) is 6.96. The van der Waals surface area contributed by atoms with Crippen LogP contribution in [0.4, 0.5) is 0 Å². The Labute approximate surface area is 124 Å². The van der Waals surface area contributed by atoms with Crippen molar-refractivity contribution in [3.8, 4) is 0 Å². The SMILES string of the molecule is CCCN1CCC(NC(=O)C(CN)CC(C)(C)C)CC1. The predicted molar refractivity (Wildman–Crippen MR) is 84.5 cm³/mol. The minimum absolute atomic E-state index is 0.0522. The summed E-state index contributed by atoms with van der Waals surface area (Å²) < 4.78 is 0. The summed E-state index contributed by atoms with van der Waals surface area (Å²) in [6, 6.07) is 0.338. The molecule has 1 fully saturated rings. The Morgan fingerprint density at radius 2 is 1.95 bits per heavy atom. The number of rotatable bonds is 6. The Morgan fingerprint density at radius 1 is 1.35 bits per heavy atom. The maximum atomic E-state index is 12.3. The summed E-state index contributed by atoms with van der Waals surface area (Å²) in [5, 5.41) is 3.21. The average Bonchev–Trinajstić information content (AvgIpc) is 2.37. The quantitative estimate of drug-likeness (QED) is 0.784. The van der Waals surface area contributed by atoms with Gasteiger partial charge in [-0.2, -0.15) is 0 Å². The molecule has 1 atom stereocenters. The van der Waals surface area contributed by atoms with Crippen LogP contribution in [-0.2, 0) is 4.79 Å². The van der Waals surface area contributed by atoms with Gasteiger partial charge in [-0.1, -0.05) is 27.7 Å². The summed E-state index contributed by atoms with van der Waals surface area (Å²) in [6.45, 7) is 12.5. The number of nitrogens with zero attached hydrogens (tertiary/aromatic N) is 1. The monoisotopic (exact) mass is 283 g/mol. The van der Waals surface area contributed by atoms with Gasteiger partial charge in [0, 0.05) is 25.7 Å². The summed E-state index contributed by atoms with van der Waals surface area (Å²) in [6.07, 6.45) is 4.19. The van der Waals surface area contributed by atoms with Crippen LogP contribution >= 0.6 is 0 Å². The highest BCUT2D eigenvalue weighted by molar-refractivity contribution is 5.79. The van der Waals surface area contributed by atoms with Gasteiger partial charge >= 0.3 is 0 Å². The van der Waals surface area contributed by atoms with E-state index in [1.54, 1.807) is 0 Å². The second kappa shape index (κ2) is 7.99. The van der Waals surface area contributed by atoms with Gasteiger partial charge in [0.15, 0.2) is 0 Å². The van der Waals surface area contributed by atoms with Crippen LogP contribution in [0.25, 0.3) is 0 Å². The number of carbonyl (C=O) groups is 1. The van der Waals surface area contributed by atoms with E-state index in [4.69, 9.17) is 5.73 Å². The fraction of sp³-hybridized carbons (Fsp3) is 0.938. The molecule has 4 heteroatoms. The van der Waals surface area contributed by atoms with Crippen molar-refractivity contribution >= 4 is 5.91 Å². The molecule has 1 unspecified atom stereocenters. The second-order valence-corrected chi connectivity index (χ2v) is 7.32. The standard InChI is InChI=1S/C16H33N3O/c1-5-8-19-9-6-14(7-10-19)18-15(20)13(12-17)11-16(2,3)4/h13-14H,5-12,17H2,1-4H3,(H,18,20). The summed E-state index contributed by atoms with van der Waals surface area (Å²) in [5.41, 5.74) is 5.92. The lowest BCUT2D eigenvalue weighted by atomic mass is 9.84. The molecular formula is C16H33N3O. The molecule has 1 amide bonds. The topological polar surface area (TPSA) is 58.4 Å². The van der Waals surface area contributed by atoms with Crippen LogP contribution in [0.2, 0.25) is 0 Å². The number of nitrogens with one attached hydrogen (secondary N) is 1. The van der Waals surface area contributed by atoms with Gasteiger partial charge in [0.2, 0.25) is 5.91 Å². The van der Waals surface area contributed by atoms with Crippen molar-refractivity contribution < 1.29 is 4.79 Å². The average molecular weight is 283 g/mol. The summed E-state index contributed by atoms with van der Waals surface area (Å²) in [5.74, 6) is 0.0973. The van der Waals surface area contributed by atoms with Crippen molar-refractivity contribution in [2.24, 2.45) is 17.1 Å². The maximum absolute atomic E-state index is 12.3. The maximum Gasteiger partial charge on any atom is 0.224 e. The Hall–Kier alpha value is -0.610. The van der Waals surface area contributed by atoms with Gasteiger partial charge in [-0.15, -0.1) is 0 Å². The van der Waals surface area contributed by atoms with Gasteiger partial charge in [-0.05, 0) is 37.6 Å². The first-order chi connectivity index (χ1) is 9.35. The first-order valence-electron chi connectivity index (χ1n) is 8.08. The molecular weight excluding hydrogens is 250 g/mol. The molecule has 0 bridgehead atoms. The van der Waals surface area contributed by atoms with Crippen molar-refractivity contribution in [1.82, 2.24) is 10.2 Å². The zero-order valence-corrected chi connectivity index (χ0v) is 13.7. The zero-order valence-electron chi connectivity index (χ0n) is 13.7. The van der Waals surface area contributed by atoms with Crippen molar-refractivity contribution in [3.05, 3.63) is 0 Å². The molecule has 20 heavy (non-hydrogen) atoms. The summed E-state index contributed by atoms with van der Waals surface area (Å²) in [7, 11) is 0. The molecule has 0 aromatic heterocycles. The van der Waals surface area contributed by atoms with Crippen LogP contribution in [0.15, 0.2) is 0 Å². The number of carbonyl (C=O) groups excluding carboxylic acids is 1. The molecule has 0 saturated carbocycles. The molecule has 1 saturated heterocycles. The number of hydrogen-bond donors (Lipinski definition) is 2. The molecule has 1 aliphatic rings. The zero-order chi connectivity index (χ0) is 15.2. The molecule has 0 aromatic carbocycles. The Bertz CT molecular complexity index is 291. The lowest BCUT2D eigenvalue weighted by molar-refractivity contribution is -0.126. The van der Waals surface area contributed by atoms with Crippen LogP contribution in [0.1, 0.15) is 53.4 Å². The number of hydrogen-bond acceptors (Lipinski definition) is 3. The smallest absolute Gasteiger partial charge is 0.224 e. The van der Waals surface area contributed by atoms with E-state index in [0.29, 0.717) is 12.6 Å². The Balaban J connectivity index is 2.38. The van der Waals surface area contributed by atoms with E-state index in [1.165, 1.54) is 13.0 Å². The van der Waals surface area contributed by atoms with Gasteiger partial charge in [-0.3, -0.25) is 4.79 Å². The van der Waals surface area contributed by atoms with Crippen LogP contribution in [0.5, 0.6) is 0 Å². The summed E-state index contributed by atoms with van der Waals surface area (Å²) in [4.78, 5) is 14.8. The molecule has 1 heterocycles. The van der Waals surface area contributed by atoms with E-state index in [2.05, 4.69) is 37.9 Å². The highest BCUT2D eigenvalue weighted by Crippen LogP contribution is 2.24. The molecule has 1 rings (SSSR count). The first kappa shape index (κ1) is 17.4. The van der Waals surface area contributed by atoms with Gasteiger partial charge in [0.25, 0.3) is 0 Å². The molecule has 0 aromatic rings. The van der Waals surface area contributed by atoms with Crippen molar-refractivity contribution in [3.63, 3.8) is 0 Å². The number of amides is 1. The summed E-state index contributed by atoms with van der Waals surface area (Å²) >= 11 is 0. The minimum atomic E-state index is -0.0522. The van der Waals surface area contributed by atoms with Crippen molar-refractivity contribution in [2.45, 2.75) is 59.4 Å². The number of piperidine rings is 1.